The lowest BCUT2D eigenvalue weighted by atomic mass is 10.2. The van der Waals surface area contributed by atoms with E-state index in [0.717, 1.165) is 5.76 Å². The van der Waals surface area contributed by atoms with E-state index in [0.29, 0.717) is 24.4 Å². The first-order valence-corrected chi connectivity index (χ1v) is 5.79. The van der Waals surface area contributed by atoms with Crippen molar-refractivity contribution in [3.63, 3.8) is 0 Å². The fourth-order valence-corrected chi connectivity index (χ4v) is 1.71. The maximum absolute atomic E-state index is 11.0. The number of hydrogen-bond acceptors (Lipinski definition) is 5. The lowest BCUT2D eigenvalue weighted by Crippen LogP contribution is -2.06. The Morgan fingerprint density at radius 1 is 1.42 bits per heavy atom. The minimum Gasteiger partial charge on any atom is -0.496 e. The molecule has 0 aliphatic rings. The molecule has 1 aromatic carbocycles. The Bertz CT molecular complexity index is 552. The summed E-state index contributed by atoms with van der Waals surface area (Å²) in [6, 6.07) is 8.39. The predicted molar refractivity (Wildman–Crippen MR) is 70.6 cm³/mol. The molecule has 0 amide bonds. The quantitative estimate of drug-likeness (QED) is 0.639. The molecular formula is C13H14N2O4. The fraction of sp³-hybridized carbons (Fsp3) is 0.231. The van der Waals surface area contributed by atoms with Gasteiger partial charge in [-0.25, -0.2) is 0 Å². The van der Waals surface area contributed by atoms with Gasteiger partial charge in [-0.15, -0.1) is 0 Å². The molecule has 100 valence electrons. The SMILES string of the molecule is COc1ccc(NCCc2ccco2)c([N+](=O)[O-])c1. The Kier molecular flexibility index (Phi) is 4.02. The monoisotopic (exact) mass is 262 g/mol. The van der Waals surface area contributed by atoms with Gasteiger partial charge >= 0.3 is 0 Å². The number of hydrogen-bond donors (Lipinski definition) is 1. The number of anilines is 1. The van der Waals surface area contributed by atoms with E-state index in [1.54, 1.807) is 18.4 Å². The van der Waals surface area contributed by atoms with Gasteiger partial charge in [0.05, 0.1) is 24.4 Å². The van der Waals surface area contributed by atoms with Crippen LogP contribution < -0.4 is 10.1 Å². The molecule has 6 nitrogen and oxygen atoms in total. The van der Waals surface area contributed by atoms with Gasteiger partial charge in [0.2, 0.25) is 0 Å². The van der Waals surface area contributed by atoms with Crippen molar-refractivity contribution in [2.75, 3.05) is 19.0 Å². The zero-order valence-electron chi connectivity index (χ0n) is 10.5. The third-order valence-corrected chi connectivity index (χ3v) is 2.67. The average Bonchev–Trinajstić information content (AvgIpc) is 2.92. The molecule has 0 bridgehead atoms. The number of methoxy groups -OCH3 is 1. The summed E-state index contributed by atoms with van der Waals surface area (Å²) in [5.41, 5.74) is 0.469. The summed E-state index contributed by atoms with van der Waals surface area (Å²) in [5.74, 6) is 1.30. The number of furan rings is 1. The normalized spacial score (nSPS) is 10.2. The molecule has 6 heteroatoms. The number of benzene rings is 1. The van der Waals surface area contributed by atoms with Crippen LogP contribution in [0.25, 0.3) is 0 Å². The predicted octanol–water partition coefficient (Wildman–Crippen LogP) is 2.85. The van der Waals surface area contributed by atoms with Crippen LogP contribution in [0, 0.1) is 10.1 Å². The summed E-state index contributed by atoms with van der Waals surface area (Å²) in [5, 5.41) is 14.0. The first kappa shape index (κ1) is 12.9. The van der Waals surface area contributed by atoms with Gasteiger partial charge in [-0.2, -0.15) is 0 Å². The van der Waals surface area contributed by atoms with Crippen LogP contribution in [0.1, 0.15) is 5.76 Å². The van der Waals surface area contributed by atoms with Crippen LogP contribution in [0.15, 0.2) is 41.0 Å². The molecule has 0 spiro atoms. The van der Waals surface area contributed by atoms with Crippen LogP contribution in [0.2, 0.25) is 0 Å². The van der Waals surface area contributed by atoms with Gasteiger partial charge in [0.1, 0.15) is 17.2 Å². The molecule has 0 atom stereocenters. The van der Waals surface area contributed by atoms with Gasteiger partial charge in [-0.1, -0.05) is 0 Å². The Hall–Kier alpha value is -2.50. The Labute approximate surface area is 110 Å². The van der Waals surface area contributed by atoms with Crippen LogP contribution in [-0.2, 0) is 6.42 Å². The Morgan fingerprint density at radius 3 is 2.89 bits per heavy atom. The van der Waals surface area contributed by atoms with Crippen LogP contribution in [0.4, 0.5) is 11.4 Å². The smallest absolute Gasteiger partial charge is 0.296 e. The van der Waals surface area contributed by atoms with Crippen LogP contribution in [0.3, 0.4) is 0 Å². The molecule has 0 aliphatic carbocycles. The number of rotatable bonds is 6. The Balaban J connectivity index is 2.04. The largest absolute Gasteiger partial charge is 0.496 e. The topological polar surface area (TPSA) is 77.5 Å². The van der Waals surface area contributed by atoms with E-state index >= 15 is 0 Å². The van der Waals surface area contributed by atoms with E-state index in [1.165, 1.54) is 13.2 Å². The second-order valence-corrected chi connectivity index (χ2v) is 3.90. The molecular weight excluding hydrogens is 248 g/mol. The number of nitro benzene ring substituents is 1. The molecule has 0 fully saturated rings. The van der Waals surface area contributed by atoms with Crippen LogP contribution in [0.5, 0.6) is 5.75 Å². The summed E-state index contributed by atoms with van der Waals surface area (Å²) in [4.78, 5) is 10.5. The van der Waals surface area contributed by atoms with Gasteiger partial charge in [0.15, 0.2) is 0 Å². The fourth-order valence-electron chi connectivity index (χ4n) is 1.71. The zero-order valence-corrected chi connectivity index (χ0v) is 10.5. The first-order chi connectivity index (χ1) is 9.20. The maximum Gasteiger partial charge on any atom is 0.296 e. The standard InChI is InChI=1S/C13H14N2O4/c1-18-11-4-5-12(13(9-11)15(16)17)14-7-6-10-3-2-8-19-10/h2-5,8-9,14H,6-7H2,1H3. The molecule has 0 saturated heterocycles. The van der Waals surface area contributed by atoms with E-state index in [4.69, 9.17) is 9.15 Å². The van der Waals surface area contributed by atoms with Crippen LogP contribution in [-0.4, -0.2) is 18.6 Å². The lowest BCUT2D eigenvalue weighted by Gasteiger charge is -2.07. The molecule has 1 N–H and O–H groups in total. The average molecular weight is 262 g/mol. The summed E-state index contributed by atoms with van der Waals surface area (Å²) < 4.78 is 10.2. The summed E-state index contributed by atoms with van der Waals surface area (Å²) in [7, 11) is 1.48. The summed E-state index contributed by atoms with van der Waals surface area (Å²) in [6.45, 7) is 0.556. The van der Waals surface area contributed by atoms with Gasteiger partial charge in [0, 0.05) is 13.0 Å². The molecule has 19 heavy (non-hydrogen) atoms. The van der Waals surface area contributed by atoms with Crippen molar-refractivity contribution in [3.8, 4) is 5.75 Å². The lowest BCUT2D eigenvalue weighted by molar-refractivity contribution is -0.384. The third kappa shape index (κ3) is 3.25. The highest BCUT2D eigenvalue weighted by molar-refractivity contribution is 5.63. The minimum absolute atomic E-state index is 0.00112. The molecule has 0 aliphatic heterocycles. The molecule has 0 saturated carbocycles. The summed E-state index contributed by atoms with van der Waals surface area (Å²) in [6.07, 6.45) is 2.27. The molecule has 2 rings (SSSR count). The van der Waals surface area contributed by atoms with Gasteiger partial charge in [-0.05, 0) is 24.3 Å². The second kappa shape index (κ2) is 5.90. The minimum atomic E-state index is -0.433. The third-order valence-electron chi connectivity index (χ3n) is 2.67. The first-order valence-electron chi connectivity index (χ1n) is 5.79. The number of nitrogens with zero attached hydrogens (tertiary/aromatic N) is 1. The molecule has 1 heterocycles. The molecule has 2 aromatic rings. The highest BCUT2D eigenvalue weighted by Gasteiger charge is 2.14. The van der Waals surface area contributed by atoms with Gasteiger partial charge in [-0.3, -0.25) is 10.1 Å². The van der Waals surface area contributed by atoms with Crippen molar-refractivity contribution in [2.45, 2.75) is 6.42 Å². The zero-order chi connectivity index (χ0) is 13.7. The van der Waals surface area contributed by atoms with Crippen molar-refractivity contribution in [2.24, 2.45) is 0 Å². The maximum atomic E-state index is 11.0. The van der Waals surface area contributed by atoms with E-state index in [2.05, 4.69) is 5.32 Å². The van der Waals surface area contributed by atoms with E-state index < -0.39 is 4.92 Å². The highest BCUT2D eigenvalue weighted by atomic mass is 16.6. The second-order valence-electron chi connectivity index (χ2n) is 3.90. The molecule has 1 aromatic heterocycles. The van der Waals surface area contributed by atoms with Crippen molar-refractivity contribution in [3.05, 3.63) is 52.5 Å². The van der Waals surface area contributed by atoms with Crippen molar-refractivity contribution in [1.29, 1.82) is 0 Å². The Morgan fingerprint density at radius 2 is 2.26 bits per heavy atom. The van der Waals surface area contributed by atoms with Crippen LogP contribution >= 0.6 is 0 Å². The van der Waals surface area contributed by atoms with E-state index in [1.807, 2.05) is 12.1 Å². The van der Waals surface area contributed by atoms with E-state index in [9.17, 15) is 10.1 Å². The van der Waals surface area contributed by atoms with Gasteiger partial charge in [0.25, 0.3) is 5.69 Å². The van der Waals surface area contributed by atoms with Gasteiger partial charge < -0.3 is 14.5 Å². The number of ether oxygens (including phenoxy) is 1. The van der Waals surface area contributed by atoms with E-state index in [-0.39, 0.29) is 5.69 Å². The number of nitro groups is 1. The summed E-state index contributed by atoms with van der Waals surface area (Å²) >= 11 is 0. The number of nitrogens with one attached hydrogen (secondary N) is 1. The molecule has 0 radical (unpaired) electrons. The van der Waals surface area contributed by atoms with Crippen molar-refractivity contribution >= 4 is 11.4 Å². The van der Waals surface area contributed by atoms with Crippen molar-refractivity contribution < 1.29 is 14.1 Å². The highest BCUT2D eigenvalue weighted by Crippen LogP contribution is 2.28. The molecule has 0 unspecified atom stereocenters. The van der Waals surface area contributed by atoms with Crippen molar-refractivity contribution in [1.82, 2.24) is 0 Å².